The molecule has 1 rings (SSSR count). The number of nitrogens with zero attached hydrogens (tertiary/aromatic N) is 1. The third kappa shape index (κ3) is 4.72. The second kappa shape index (κ2) is 7.34. The number of amides is 1. The number of benzene rings is 1. The lowest BCUT2D eigenvalue weighted by Crippen LogP contribution is -2.50. The monoisotopic (exact) mass is 342 g/mol. The van der Waals surface area contributed by atoms with Crippen LogP contribution in [0.25, 0.3) is 0 Å². The topological polar surface area (TPSA) is 79.2 Å². The van der Waals surface area contributed by atoms with E-state index in [2.05, 4.69) is 10.1 Å². The van der Waals surface area contributed by atoms with Crippen LogP contribution in [0.4, 0.5) is 13.2 Å². The molecule has 0 aliphatic rings. The summed E-state index contributed by atoms with van der Waals surface area (Å²) < 4.78 is 43.2. The van der Waals surface area contributed by atoms with Gasteiger partial charge in [-0.1, -0.05) is 26.0 Å². The van der Waals surface area contributed by atoms with Gasteiger partial charge in [0, 0.05) is 0 Å². The molecule has 1 N–H and O–H groups in total. The summed E-state index contributed by atoms with van der Waals surface area (Å²) in [6.45, 7) is 4.15. The number of nitriles is 1. The molecule has 0 saturated carbocycles. The highest BCUT2D eigenvalue weighted by Gasteiger charge is 2.35. The van der Waals surface area contributed by atoms with E-state index in [0.29, 0.717) is 0 Å². The van der Waals surface area contributed by atoms with E-state index >= 15 is 0 Å². The SMILES string of the molecule is CC(C)C(C)(C#N)NC(=O)COC(=O)c1ccccc1C(F)(F)F. The minimum Gasteiger partial charge on any atom is -0.452 e. The maximum atomic E-state index is 12.8. The first-order chi connectivity index (χ1) is 11.0. The van der Waals surface area contributed by atoms with Crippen molar-refractivity contribution in [2.24, 2.45) is 5.92 Å². The Morgan fingerprint density at radius 1 is 1.29 bits per heavy atom. The average molecular weight is 342 g/mol. The Morgan fingerprint density at radius 3 is 2.38 bits per heavy atom. The molecule has 0 fully saturated rings. The molecule has 1 aromatic rings. The van der Waals surface area contributed by atoms with E-state index < -0.39 is 41.3 Å². The molecule has 0 heterocycles. The molecule has 8 heteroatoms. The summed E-state index contributed by atoms with van der Waals surface area (Å²) in [6, 6.07) is 6.06. The van der Waals surface area contributed by atoms with Crippen molar-refractivity contribution in [2.75, 3.05) is 6.61 Å². The molecular formula is C16H17F3N2O3. The van der Waals surface area contributed by atoms with Crippen LogP contribution in [0.3, 0.4) is 0 Å². The van der Waals surface area contributed by atoms with Crippen LogP contribution < -0.4 is 5.32 Å². The molecule has 0 aromatic heterocycles. The Morgan fingerprint density at radius 2 is 1.88 bits per heavy atom. The van der Waals surface area contributed by atoms with Gasteiger partial charge in [-0.15, -0.1) is 0 Å². The van der Waals surface area contributed by atoms with Crippen LogP contribution in [0.1, 0.15) is 36.7 Å². The van der Waals surface area contributed by atoms with E-state index in [9.17, 15) is 22.8 Å². The number of halogens is 3. The van der Waals surface area contributed by atoms with Gasteiger partial charge in [0.2, 0.25) is 0 Å². The highest BCUT2D eigenvalue weighted by molar-refractivity contribution is 5.93. The number of rotatable bonds is 5. The molecule has 0 aliphatic heterocycles. The van der Waals surface area contributed by atoms with E-state index in [1.165, 1.54) is 13.0 Å². The van der Waals surface area contributed by atoms with Crippen LogP contribution in [-0.4, -0.2) is 24.0 Å². The van der Waals surface area contributed by atoms with Crippen molar-refractivity contribution in [1.29, 1.82) is 5.26 Å². The largest absolute Gasteiger partial charge is 0.452 e. The van der Waals surface area contributed by atoms with Gasteiger partial charge in [0.15, 0.2) is 6.61 Å². The lowest BCUT2D eigenvalue weighted by atomic mass is 9.90. The Balaban J connectivity index is 2.78. The molecule has 130 valence electrons. The van der Waals surface area contributed by atoms with Gasteiger partial charge in [-0.2, -0.15) is 18.4 Å². The minimum absolute atomic E-state index is 0.215. The van der Waals surface area contributed by atoms with E-state index in [1.807, 2.05) is 6.07 Å². The van der Waals surface area contributed by atoms with Crippen molar-refractivity contribution >= 4 is 11.9 Å². The van der Waals surface area contributed by atoms with Gasteiger partial charge in [0.25, 0.3) is 5.91 Å². The van der Waals surface area contributed by atoms with Gasteiger partial charge in [-0.3, -0.25) is 4.79 Å². The zero-order valence-electron chi connectivity index (χ0n) is 13.4. The quantitative estimate of drug-likeness (QED) is 0.835. The fourth-order valence-corrected chi connectivity index (χ4v) is 1.74. The number of hydrogen-bond acceptors (Lipinski definition) is 4. The average Bonchev–Trinajstić information content (AvgIpc) is 2.51. The number of alkyl halides is 3. The maximum Gasteiger partial charge on any atom is 0.417 e. The molecule has 1 unspecified atom stereocenters. The van der Waals surface area contributed by atoms with Gasteiger partial charge in [-0.25, -0.2) is 4.79 Å². The number of carbonyl (C=O) groups excluding carboxylic acids is 2. The molecular weight excluding hydrogens is 325 g/mol. The summed E-state index contributed by atoms with van der Waals surface area (Å²) in [4.78, 5) is 23.6. The van der Waals surface area contributed by atoms with Crippen molar-refractivity contribution in [1.82, 2.24) is 5.32 Å². The number of hydrogen-bond donors (Lipinski definition) is 1. The normalized spacial score (nSPS) is 13.8. The first-order valence-electron chi connectivity index (χ1n) is 7.07. The van der Waals surface area contributed by atoms with E-state index in [4.69, 9.17) is 5.26 Å². The summed E-state index contributed by atoms with van der Waals surface area (Å²) in [5.74, 6) is -2.25. The summed E-state index contributed by atoms with van der Waals surface area (Å²) in [6.07, 6.45) is -4.71. The highest BCUT2D eigenvalue weighted by atomic mass is 19.4. The van der Waals surface area contributed by atoms with Gasteiger partial charge in [0.05, 0.1) is 17.2 Å². The second-order valence-corrected chi connectivity index (χ2v) is 5.64. The predicted octanol–water partition coefficient (Wildman–Crippen LogP) is 2.92. The van der Waals surface area contributed by atoms with Crippen molar-refractivity contribution in [2.45, 2.75) is 32.5 Å². The zero-order valence-corrected chi connectivity index (χ0v) is 13.4. The Labute approximate surface area is 137 Å². The molecule has 0 saturated heterocycles. The summed E-state index contributed by atoms with van der Waals surface area (Å²) in [7, 11) is 0. The van der Waals surface area contributed by atoms with Gasteiger partial charge in [0.1, 0.15) is 5.54 Å². The molecule has 24 heavy (non-hydrogen) atoms. The van der Waals surface area contributed by atoms with Crippen molar-refractivity contribution in [3.8, 4) is 6.07 Å². The Hall–Kier alpha value is -2.56. The Bertz CT molecular complexity index is 665. The fourth-order valence-electron chi connectivity index (χ4n) is 1.74. The minimum atomic E-state index is -4.71. The highest BCUT2D eigenvalue weighted by Crippen LogP contribution is 2.32. The van der Waals surface area contributed by atoms with E-state index in [-0.39, 0.29) is 5.92 Å². The van der Waals surface area contributed by atoms with Crippen LogP contribution >= 0.6 is 0 Å². The van der Waals surface area contributed by atoms with Gasteiger partial charge >= 0.3 is 12.1 Å². The predicted molar refractivity (Wildman–Crippen MR) is 78.7 cm³/mol. The fraction of sp³-hybridized carbons (Fsp3) is 0.438. The molecule has 0 radical (unpaired) electrons. The molecule has 1 atom stereocenters. The lowest BCUT2D eigenvalue weighted by Gasteiger charge is -2.27. The molecule has 1 aromatic carbocycles. The number of carbonyl (C=O) groups is 2. The van der Waals surface area contributed by atoms with E-state index in [0.717, 1.165) is 18.2 Å². The van der Waals surface area contributed by atoms with Crippen molar-refractivity contribution < 1.29 is 27.5 Å². The number of nitrogens with one attached hydrogen (secondary N) is 1. The second-order valence-electron chi connectivity index (χ2n) is 5.64. The Kier molecular flexibility index (Phi) is 5.96. The maximum absolute atomic E-state index is 12.8. The molecule has 5 nitrogen and oxygen atoms in total. The molecule has 0 bridgehead atoms. The third-order valence-electron chi connectivity index (χ3n) is 3.57. The zero-order chi connectivity index (χ0) is 18.5. The van der Waals surface area contributed by atoms with Crippen LogP contribution in [0, 0.1) is 17.2 Å². The molecule has 1 amide bonds. The number of ether oxygens (including phenoxy) is 1. The van der Waals surface area contributed by atoms with Crippen LogP contribution in [0.15, 0.2) is 24.3 Å². The molecule has 0 aliphatic carbocycles. The van der Waals surface area contributed by atoms with Crippen LogP contribution in [-0.2, 0) is 15.7 Å². The molecule has 0 spiro atoms. The van der Waals surface area contributed by atoms with Crippen molar-refractivity contribution in [3.05, 3.63) is 35.4 Å². The summed E-state index contributed by atoms with van der Waals surface area (Å²) >= 11 is 0. The summed E-state index contributed by atoms with van der Waals surface area (Å²) in [5, 5.41) is 11.5. The van der Waals surface area contributed by atoms with Gasteiger partial charge in [-0.05, 0) is 25.0 Å². The van der Waals surface area contributed by atoms with Crippen molar-refractivity contribution in [3.63, 3.8) is 0 Å². The first kappa shape index (κ1) is 19.5. The summed E-state index contributed by atoms with van der Waals surface area (Å²) in [5.41, 5.74) is -2.99. The smallest absolute Gasteiger partial charge is 0.417 e. The van der Waals surface area contributed by atoms with Crippen LogP contribution in [0.5, 0.6) is 0 Å². The van der Waals surface area contributed by atoms with Crippen LogP contribution in [0.2, 0.25) is 0 Å². The van der Waals surface area contributed by atoms with E-state index in [1.54, 1.807) is 13.8 Å². The van der Waals surface area contributed by atoms with Gasteiger partial charge < -0.3 is 10.1 Å². The first-order valence-corrected chi connectivity index (χ1v) is 7.07. The number of esters is 1. The standard InChI is InChI=1S/C16H17F3N2O3/c1-10(2)15(3,9-20)21-13(22)8-24-14(23)11-6-4-5-7-12(11)16(17,18)19/h4-7,10H,8H2,1-3H3,(H,21,22). The lowest BCUT2D eigenvalue weighted by molar-refractivity contribution is -0.138. The third-order valence-corrected chi connectivity index (χ3v) is 3.57.